The zero-order valence-corrected chi connectivity index (χ0v) is 16.8. The highest BCUT2D eigenvalue weighted by molar-refractivity contribution is 5.92. The van der Waals surface area contributed by atoms with Crippen molar-refractivity contribution in [2.24, 2.45) is 17.4 Å². The molecule has 0 fully saturated rings. The molecule has 5 unspecified atom stereocenters. The second-order valence-corrected chi connectivity index (χ2v) is 6.83. The van der Waals surface area contributed by atoms with Gasteiger partial charge in [0.15, 0.2) is 6.04 Å². The lowest BCUT2D eigenvalue weighted by Crippen LogP contribution is -2.57. The minimum atomic E-state index is -1.53. The van der Waals surface area contributed by atoms with Crippen LogP contribution in [0.4, 0.5) is 0 Å². The minimum absolute atomic E-state index is 0.0244. The number of carbonyl (C=O) groups is 5. The number of hydrogen-bond donors (Lipinski definition) is 7. The van der Waals surface area contributed by atoms with Crippen molar-refractivity contribution in [1.29, 1.82) is 0 Å². The molecule has 12 nitrogen and oxygen atoms in total. The quantitative estimate of drug-likeness (QED) is 0.165. The van der Waals surface area contributed by atoms with Crippen LogP contribution in [-0.4, -0.2) is 70.6 Å². The molecular formula is C17H31N5O7. The molecular weight excluding hydrogens is 386 g/mol. The molecule has 0 radical (unpaired) electrons. The molecule has 5 atom stereocenters. The van der Waals surface area contributed by atoms with Crippen LogP contribution in [0.2, 0.25) is 0 Å². The summed E-state index contributed by atoms with van der Waals surface area (Å²) in [5, 5.41) is 25.5. The first-order valence-electron chi connectivity index (χ1n) is 9.22. The molecule has 0 saturated carbocycles. The monoisotopic (exact) mass is 417 g/mol. The van der Waals surface area contributed by atoms with E-state index in [4.69, 9.17) is 16.6 Å². The van der Waals surface area contributed by atoms with Gasteiger partial charge in [0.25, 0.3) is 0 Å². The highest BCUT2D eigenvalue weighted by atomic mass is 16.4. The predicted molar refractivity (Wildman–Crippen MR) is 102 cm³/mol. The van der Waals surface area contributed by atoms with E-state index in [9.17, 15) is 29.1 Å². The van der Waals surface area contributed by atoms with Crippen LogP contribution in [0.15, 0.2) is 0 Å². The van der Waals surface area contributed by atoms with Gasteiger partial charge in [-0.25, -0.2) is 4.79 Å². The van der Waals surface area contributed by atoms with Crippen molar-refractivity contribution in [3.63, 3.8) is 0 Å². The lowest BCUT2D eigenvalue weighted by atomic mass is 9.97. The fraction of sp³-hybridized carbons (Fsp3) is 0.706. The molecule has 29 heavy (non-hydrogen) atoms. The lowest BCUT2D eigenvalue weighted by Gasteiger charge is -2.26. The number of primary amides is 1. The van der Waals surface area contributed by atoms with Crippen molar-refractivity contribution in [2.75, 3.05) is 6.54 Å². The number of aliphatic hydroxyl groups is 1. The molecule has 4 amide bonds. The minimum Gasteiger partial charge on any atom is -0.480 e. The Hall–Kier alpha value is -2.73. The van der Waals surface area contributed by atoms with Gasteiger partial charge in [0, 0.05) is 6.42 Å². The molecule has 0 aromatic rings. The Labute approximate surface area is 168 Å². The van der Waals surface area contributed by atoms with E-state index >= 15 is 0 Å². The van der Waals surface area contributed by atoms with Crippen molar-refractivity contribution in [2.45, 2.75) is 64.3 Å². The summed E-state index contributed by atoms with van der Waals surface area (Å²) in [6.07, 6.45) is -0.900. The summed E-state index contributed by atoms with van der Waals surface area (Å²) in [6, 6.07) is -3.63. The van der Waals surface area contributed by atoms with Crippen LogP contribution in [0.1, 0.15) is 40.0 Å². The maximum Gasteiger partial charge on any atom is 0.328 e. The van der Waals surface area contributed by atoms with Gasteiger partial charge in [0.05, 0.1) is 18.7 Å². The number of carboxylic acids is 1. The van der Waals surface area contributed by atoms with E-state index in [1.54, 1.807) is 13.8 Å². The summed E-state index contributed by atoms with van der Waals surface area (Å²) in [4.78, 5) is 58.3. The summed E-state index contributed by atoms with van der Waals surface area (Å²) >= 11 is 0. The average molecular weight is 417 g/mol. The number of rotatable bonds is 13. The van der Waals surface area contributed by atoms with Crippen LogP contribution in [0.5, 0.6) is 0 Å². The summed E-state index contributed by atoms with van der Waals surface area (Å²) in [5.74, 6) is -4.50. The van der Waals surface area contributed by atoms with Crippen LogP contribution < -0.4 is 27.4 Å². The Morgan fingerprint density at radius 1 is 1.00 bits per heavy atom. The molecule has 0 aliphatic rings. The number of carboxylic acid groups (broad SMARTS) is 1. The topological polar surface area (TPSA) is 214 Å². The molecule has 0 aliphatic heterocycles. The Kier molecular flexibility index (Phi) is 11.5. The molecule has 0 saturated heterocycles. The van der Waals surface area contributed by atoms with E-state index < -0.39 is 60.4 Å². The second kappa shape index (κ2) is 12.7. The number of amides is 4. The zero-order valence-electron chi connectivity index (χ0n) is 16.8. The van der Waals surface area contributed by atoms with Crippen molar-refractivity contribution >= 4 is 29.6 Å². The molecule has 0 bridgehead atoms. The van der Waals surface area contributed by atoms with E-state index in [0.29, 0.717) is 6.42 Å². The van der Waals surface area contributed by atoms with E-state index in [1.807, 2.05) is 0 Å². The van der Waals surface area contributed by atoms with Crippen molar-refractivity contribution in [3.05, 3.63) is 0 Å². The highest BCUT2D eigenvalue weighted by Crippen LogP contribution is 2.09. The molecule has 12 heteroatoms. The van der Waals surface area contributed by atoms with Crippen molar-refractivity contribution in [1.82, 2.24) is 16.0 Å². The maximum atomic E-state index is 12.4. The van der Waals surface area contributed by atoms with Crippen LogP contribution in [0.3, 0.4) is 0 Å². The first-order valence-corrected chi connectivity index (χ1v) is 9.22. The SMILES string of the molecule is CCC(C)C(NC(=O)CNC(=O)C(N)CCC(N)=O)C(=O)NC(C(=O)O)C(C)O. The van der Waals surface area contributed by atoms with Gasteiger partial charge >= 0.3 is 5.97 Å². The Balaban J connectivity index is 4.87. The van der Waals surface area contributed by atoms with Gasteiger partial charge in [-0.15, -0.1) is 0 Å². The zero-order chi connectivity index (χ0) is 22.7. The summed E-state index contributed by atoms with van der Waals surface area (Å²) in [5.41, 5.74) is 10.6. The number of nitrogens with one attached hydrogen (secondary N) is 3. The second-order valence-electron chi connectivity index (χ2n) is 6.83. The molecule has 0 aliphatic carbocycles. The van der Waals surface area contributed by atoms with E-state index in [2.05, 4.69) is 16.0 Å². The van der Waals surface area contributed by atoms with Crippen LogP contribution in [0, 0.1) is 5.92 Å². The van der Waals surface area contributed by atoms with Gasteiger partial charge in [-0.3, -0.25) is 19.2 Å². The van der Waals surface area contributed by atoms with Gasteiger partial charge < -0.3 is 37.6 Å². The van der Waals surface area contributed by atoms with Crippen molar-refractivity contribution in [3.8, 4) is 0 Å². The number of hydrogen-bond acceptors (Lipinski definition) is 7. The molecule has 9 N–H and O–H groups in total. The number of nitrogens with two attached hydrogens (primary N) is 2. The molecule has 0 heterocycles. The third kappa shape index (κ3) is 9.85. The fourth-order valence-corrected chi connectivity index (χ4v) is 2.29. The molecule has 0 rings (SSSR count). The van der Waals surface area contributed by atoms with Crippen LogP contribution in [-0.2, 0) is 24.0 Å². The first kappa shape index (κ1) is 26.3. The standard InChI is InChI=1S/C17H31N5O7/c1-4-8(2)13(16(27)22-14(9(3)23)17(28)29)21-12(25)7-20-15(26)10(18)5-6-11(19)24/h8-10,13-14,23H,4-7,18H2,1-3H3,(H2,19,24)(H,20,26)(H,21,25)(H,22,27)(H,28,29). The summed E-state index contributed by atoms with van der Waals surface area (Å²) < 4.78 is 0. The van der Waals surface area contributed by atoms with Crippen molar-refractivity contribution < 1.29 is 34.2 Å². The summed E-state index contributed by atoms with van der Waals surface area (Å²) in [7, 11) is 0. The normalized spacial score (nSPS) is 15.9. The molecule has 0 aromatic carbocycles. The highest BCUT2D eigenvalue weighted by Gasteiger charge is 2.31. The number of aliphatic hydroxyl groups excluding tert-OH is 1. The largest absolute Gasteiger partial charge is 0.480 e. The van der Waals surface area contributed by atoms with Gasteiger partial charge in [-0.05, 0) is 19.3 Å². The maximum absolute atomic E-state index is 12.4. The summed E-state index contributed by atoms with van der Waals surface area (Å²) in [6.45, 7) is 4.20. The molecule has 166 valence electrons. The fourth-order valence-electron chi connectivity index (χ4n) is 2.29. The van der Waals surface area contributed by atoms with Gasteiger partial charge in [-0.1, -0.05) is 20.3 Å². The molecule has 0 spiro atoms. The third-order valence-electron chi connectivity index (χ3n) is 4.32. The Bertz CT molecular complexity index is 611. The van der Waals surface area contributed by atoms with E-state index in [-0.39, 0.29) is 18.8 Å². The number of carbonyl (C=O) groups excluding carboxylic acids is 4. The van der Waals surface area contributed by atoms with E-state index in [1.165, 1.54) is 6.92 Å². The molecule has 0 aromatic heterocycles. The van der Waals surface area contributed by atoms with Crippen LogP contribution in [0.25, 0.3) is 0 Å². The van der Waals surface area contributed by atoms with Crippen LogP contribution >= 0.6 is 0 Å². The average Bonchev–Trinajstić information content (AvgIpc) is 2.64. The van der Waals surface area contributed by atoms with Gasteiger partial charge in [-0.2, -0.15) is 0 Å². The van der Waals surface area contributed by atoms with Gasteiger partial charge in [0.2, 0.25) is 23.6 Å². The Morgan fingerprint density at radius 2 is 1.59 bits per heavy atom. The predicted octanol–water partition coefficient (Wildman–Crippen LogP) is -2.82. The number of aliphatic carboxylic acids is 1. The first-order chi connectivity index (χ1) is 13.4. The van der Waals surface area contributed by atoms with E-state index in [0.717, 1.165) is 0 Å². The van der Waals surface area contributed by atoms with Gasteiger partial charge in [0.1, 0.15) is 6.04 Å². The Morgan fingerprint density at radius 3 is 2.03 bits per heavy atom. The third-order valence-corrected chi connectivity index (χ3v) is 4.32. The lowest BCUT2D eigenvalue weighted by molar-refractivity contribution is -0.145. The smallest absolute Gasteiger partial charge is 0.328 e.